The van der Waals surface area contributed by atoms with Crippen molar-refractivity contribution in [1.82, 2.24) is 5.32 Å². The van der Waals surface area contributed by atoms with Gasteiger partial charge in [-0.3, -0.25) is 0 Å². The molecule has 18 heavy (non-hydrogen) atoms. The summed E-state index contributed by atoms with van der Waals surface area (Å²) in [5.41, 5.74) is 0.414. The van der Waals surface area contributed by atoms with Crippen molar-refractivity contribution in [3.63, 3.8) is 0 Å². The molecule has 100 valence electrons. The summed E-state index contributed by atoms with van der Waals surface area (Å²) < 4.78 is 0. The fourth-order valence-corrected chi connectivity index (χ4v) is 1.71. The van der Waals surface area contributed by atoms with Crippen molar-refractivity contribution in [2.75, 3.05) is 17.7 Å². The lowest BCUT2D eigenvalue weighted by Gasteiger charge is -2.08. The second kappa shape index (κ2) is 8.64. The van der Waals surface area contributed by atoms with Crippen LogP contribution in [0.4, 0.5) is 10.5 Å². The molecular formula is C13H19ClN2O2. The van der Waals surface area contributed by atoms with E-state index in [4.69, 9.17) is 11.6 Å². The van der Waals surface area contributed by atoms with Gasteiger partial charge in [-0.25, -0.2) is 4.79 Å². The van der Waals surface area contributed by atoms with E-state index >= 15 is 0 Å². The monoisotopic (exact) mass is 270 g/mol. The number of carbonyl (C=O) groups is 1. The lowest BCUT2D eigenvalue weighted by atomic mass is 10.2. The minimum Gasteiger partial charge on any atom is -0.506 e. The van der Waals surface area contributed by atoms with Crippen LogP contribution in [0.1, 0.15) is 25.7 Å². The van der Waals surface area contributed by atoms with Gasteiger partial charge in [-0.1, -0.05) is 25.0 Å². The normalized spacial score (nSPS) is 10.1. The Morgan fingerprint density at radius 3 is 2.61 bits per heavy atom. The Hall–Kier alpha value is -1.42. The molecule has 0 radical (unpaired) electrons. The molecule has 0 spiro atoms. The third kappa shape index (κ3) is 5.77. The Morgan fingerprint density at radius 2 is 1.89 bits per heavy atom. The van der Waals surface area contributed by atoms with Gasteiger partial charge in [0.2, 0.25) is 0 Å². The van der Waals surface area contributed by atoms with E-state index in [2.05, 4.69) is 10.6 Å². The summed E-state index contributed by atoms with van der Waals surface area (Å²) in [4.78, 5) is 11.5. The number of phenols is 1. The van der Waals surface area contributed by atoms with E-state index in [-0.39, 0.29) is 11.8 Å². The first-order valence-electron chi connectivity index (χ1n) is 6.13. The van der Waals surface area contributed by atoms with Crippen LogP contribution in [0.3, 0.4) is 0 Å². The lowest BCUT2D eigenvalue weighted by molar-refractivity contribution is 0.251. The van der Waals surface area contributed by atoms with Gasteiger partial charge in [0.05, 0.1) is 5.69 Å². The van der Waals surface area contributed by atoms with Crippen LogP contribution in [0.2, 0.25) is 0 Å². The van der Waals surface area contributed by atoms with Crippen molar-refractivity contribution in [1.29, 1.82) is 0 Å². The number of aromatic hydroxyl groups is 1. The first-order valence-corrected chi connectivity index (χ1v) is 6.66. The number of carbonyl (C=O) groups excluding carboxylic acids is 1. The summed E-state index contributed by atoms with van der Waals surface area (Å²) in [6.07, 6.45) is 4.10. The average molecular weight is 271 g/mol. The summed E-state index contributed by atoms with van der Waals surface area (Å²) in [5.74, 6) is 0.760. The Morgan fingerprint density at radius 1 is 1.17 bits per heavy atom. The number of halogens is 1. The van der Waals surface area contributed by atoms with Crippen LogP contribution in [0.25, 0.3) is 0 Å². The minimum absolute atomic E-state index is 0.0646. The number of unbranched alkanes of at least 4 members (excludes halogenated alkanes) is 3. The molecule has 0 saturated heterocycles. The Labute approximate surface area is 112 Å². The molecule has 2 amide bonds. The number of anilines is 1. The van der Waals surface area contributed by atoms with E-state index in [1.807, 2.05) is 0 Å². The van der Waals surface area contributed by atoms with Gasteiger partial charge in [-0.15, -0.1) is 11.6 Å². The average Bonchev–Trinajstić information content (AvgIpc) is 2.36. The van der Waals surface area contributed by atoms with Gasteiger partial charge >= 0.3 is 6.03 Å². The molecule has 0 bridgehead atoms. The van der Waals surface area contributed by atoms with Crippen molar-refractivity contribution in [2.24, 2.45) is 0 Å². The maximum absolute atomic E-state index is 11.5. The SMILES string of the molecule is O=C(NCCCCCCCl)Nc1ccccc1O. The molecule has 0 fully saturated rings. The molecule has 0 aromatic heterocycles. The number of amides is 2. The standard InChI is InChI=1S/C13H19ClN2O2/c14-9-5-1-2-6-10-15-13(18)16-11-7-3-4-8-12(11)17/h3-4,7-8,17H,1-2,5-6,9-10H2,(H2,15,16,18). The van der Waals surface area contributed by atoms with E-state index in [9.17, 15) is 9.90 Å². The fraction of sp³-hybridized carbons (Fsp3) is 0.462. The molecule has 1 aromatic carbocycles. The summed E-state index contributed by atoms with van der Waals surface area (Å²) in [6.45, 7) is 0.627. The van der Waals surface area contributed by atoms with Crippen molar-refractivity contribution in [3.05, 3.63) is 24.3 Å². The molecule has 0 aliphatic carbocycles. The summed E-state index contributed by atoms with van der Waals surface area (Å²) in [5, 5.41) is 14.8. The first-order chi connectivity index (χ1) is 8.74. The highest BCUT2D eigenvalue weighted by Crippen LogP contribution is 2.20. The topological polar surface area (TPSA) is 61.4 Å². The van der Waals surface area contributed by atoms with Crippen molar-refractivity contribution in [3.8, 4) is 5.75 Å². The molecule has 1 aromatic rings. The molecule has 1 rings (SSSR count). The van der Waals surface area contributed by atoms with Crippen LogP contribution in [-0.4, -0.2) is 23.6 Å². The number of hydrogen-bond donors (Lipinski definition) is 3. The number of urea groups is 1. The van der Waals surface area contributed by atoms with Crippen LogP contribution in [0.15, 0.2) is 24.3 Å². The van der Waals surface area contributed by atoms with Gasteiger partial charge in [0.15, 0.2) is 0 Å². The zero-order chi connectivity index (χ0) is 13.2. The van der Waals surface area contributed by atoms with Crippen LogP contribution >= 0.6 is 11.6 Å². The maximum Gasteiger partial charge on any atom is 0.319 e. The van der Waals surface area contributed by atoms with Crippen LogP contribution < -0.4 is 10.6 Å². The smallest absolute Gasteiger partial charge is 0.319 e. The third-order valence-corrected chi connectivity index (χ3v) is 2.77. The molecule has 3 N–H and O–H groups in total. The molecule has 0 unspecified atom stereocenters. The van der Waals surface area contributed by atoms with Gasteiger partial charge in [-0.2, -0.15) is 0 Å². The molecule has 0 heterocycles. The molecule has 0 saturated carbocycles. The third-order valence-electron chi connectivity index (χ3n) is 2.50. The maximum atomic E-state index is 11.5. The van der Waals surface area contributed by atoms with Crippen molar-refractivity contribution in [2.45, 2.75) is 25.7 Å². The second-order valence-electron chi connectivity index (χ2n) is 4.00. The number of benzene rings is 1. The summed E-state index contributed by atoms with van der Waals surface area (Å²) in [7, 11) is 0. The van der Waals surface area contributed by atoms with E-state index in [1.54, 1.807) is 18.2 Å². The molecular weight excluding hydrogens is 252 g/mol. The Bertz CT molecular complexity index is 372. The van der Waals surface area contributed by atoms with Gasteiger partial charge in [0.1, 0.15) is 5.75 Å². The highest BCUT2D eigenvalue weighted by atomic mass is 35.5. The highest BCUT2D eigenvalue weighted by Gasteiger charge is 2.03. The summed E-state index contributed by atoms with van der Waals surface area (Å²) in [6, 6.07) is 6.34. The number of para-hydroxylation sites is 2. The molecule has 0 aliphatic heterocycles. The molecule has 5 heteroatoms. The first kappa shape index (κ1) is 14.6. The minimum atomic E-state index is -0.297. The summed E-state index contributed by atoms with van der Waals surface area (Å²) >= 11 is 5.57. The predicted molar refractivity (Wildman–Crippen MR) is 74.3 cm³/mol. The quantitative estimate of drug-likeness (QED) is 0.404. The van der Waals surface area contributed by atoms with E-state index < -0.39 is 0 Å². The highest BCUT2D eigenvalue weighted by molar-refractivity contribution is 6.17. The number of rotatable bonds is 7. The number of alkyl halides is 1. The van der Waals surface area contributed by atoms with E-state index in [0.29, 0.717) is 18.1 Å². The van der Waals surface area contributed by atoms with Crippen LogP contribution in [0.5, 0.6) is 5.75 Å². The predicted octanol–water partition coefficient (Wildman–Crippen LogP) is 3.31. The molecule has 0 atom stereocenters. The van der Waals surface area contributed by atoms with Crippen molar-refractivity contribution >= 4 is 23.3 Å². The van der Waals surface area contributed by atoms with E-state index in [1.165, 1.54) is 6.07 Å². The molecule has 0 aliphatic rings. The fourth-order valence-electron chi connectivity index (χ4n) is 1.52. The van der Waals surface area contributed by atoms with Gasteiger partial charge < -0.3 is 15.7 Å². The Balaban J connectivity index is 2.16. The van der Waals surface area contributed by atoms with Gasteiger partial charge in [0, 0.05) is 12.4 Å². The second-order valence-corrected chi connectivity index (χ2v) is 4.38. The van der Waals surface area contributed by atoms with Crippen LogP contribution in [0, 0.1) is 0 Å². The van der Waals surface area contributed by atoms with Crippen molar-refractivity contribution < 1.29 is 9.90 Å². The Kier molecular flexibility index (Phi) is 7.03. The number of hydrogen-bond acceptors (Lipinski definition) is 2. The van der Waals surface area contributed by atoms with Gasteiger partial charge in [-0.05, 0) is 25.0 Å². The number of phenolic OH excluding ortho intramolecular Hbond substituents is 1. The lowest BCUT2D eigenvalue weighted by Crippen LogP contribution is -2.29. The van der Waals surface area contributed by atoms with Gasteiger partial charge in [0.25, 0.3) is 0 Å². The zero-order valence-electron chi connectivity index (χ0n) is 10.3. The number of nitrogens with one attached hydrogen (secondary N) is 2. The van der Waals surface area contributed by atoms with Crippen LogP contribution in [-0.2, 0) is 0 Å². The zero-order valence-corrected chi connectivity index (χ0v) is 11.0. The molecule has 4 nitrogen and oxygen atoms in total. The van der Waals surface area contributed by atoms with E-state index in [0.717, 1.165) is 25.7 Å². The largest absolute Gasteiger partial charge is 0.506 e.